The van der Waals surface area contributed by atoms with Gasteiger partial charge >= 0.3 is 0 Å². The zero-order valence-corrected chi connectivity index (χ0v) is 11.2. The van der Waals surface area contributed by atoms with Gasteiger partial charge in [0.2, 0.25) is 0 Å². The highest BCUT2D eigenvalue weighted by molar-refractivity contribution is 9.10. The summed E-state index contributed by atoms with van der Waals surface area (Å²) < 4.78 is 1.10. The summed E-state index contributed by atoms with van der Waals surface area (Å²) in [5.41, 5.74) is 8.24. The molecular formula is C12H19BrN2. The molecule has 1 atom stereocenters. The number of nitrogens with two attached hydrogens (primary N) is 1. The fourth-order valence-electron chi connectivity index (χ4n) is 1.59. The molecule has 1 unspecified atom stereocenters. The van der Waals surface area contributed by atoms with Crippen molar-refractivity contribution in [1.82, 2.24) is 0 Å². The predicted molar refractivity (Wildman–Crippen MR) is 70.3 cm³/mol. The summed E-state index contributed by atoms with van der Waals surface area (Å²) in [5, 5.41) is 0. The summed E-state index contributed by atoms with van der Waals surface area (Å²) in [7, 11) is 2.11. The van der Waals surface area contributed by atoms with Crippen LogP contribution in [0.3, 0.4) is 0 Å². The average molecular weight is 271 g/mol. The first kappa shape index (κ1) is 12.5. The van der Waals surface area contributed by atoms with Crippen molar-refractivity contribution >= 4 is 21.6 Å². The van der Waals surface area contributed by atoms with Crippen molar-refractivity contribution in [3.63, 3.8) is 0 Å². The van der Waals surface area contributed by atoms with Crippen molar-refractivity contribution in [1.29, 1.82) is 0 Å². The van der Waals surface area contributed by atoms with Crippen LogP contribution in [0.5, 0.6) is 0 Å². The Morgan fingerprint density at radius 1 is 1.47 bits per heavy atom. The van der Waals surface area contributed by atoms with Gasteiger partial charge in [0.15, 0.2) is 0 Å². The highest BCUT2D eigenvalue weighted by Crippen LogP contribution is 2.26. The maximum absolute atomic E-state index is 5.86. The lowest BCUT2D eigenvalue weighted by atomic mass is 10.1. The van der Waals surface area contributed by atoms with E-state index in [2.05, 4.69) is 53.0 Å². The summed E-state index contributed by atoms with van der Waals surface area (Å²) in [6.07, 6.45) is 1.16. The van der Waals surface area contributed by atoms with Crippen LogP contribution in [0, 0.1) is 0 Å². The molecule has 1 aromatic carbocycles. The van der Waals surface area contributed by atoms with Gasteiger partial charge in [0.1, 0.15) is 0 Å². The summed E-state index contributed by atoms with van der Waals surface area (Å²) in [4.78, 5) is 2.25. The van der Waals surface area contributed by atoms with Crippen LogP contribution in [0.4, 0.5) is 5.69 Å². The van der Waals surface area contributed by atoms with E-state index in [1.54, 1.807) is 0 Å². The Morgan fingerprint density at radius 3 is 2.60 bits per heavy atom. The number of nitrogens with zero attached hydrogens (tertiary/aromatic N) is 1. The Morgan fingerprint density at radius 2 is 2.13 bits per heavy atom. The molecule has 15 heavy (non-hydrogen) atoms. The van der Waals surface area contributed by atoms with E-state index in [1.165, 1.54) is 5.69 Å². The van der Waals surface area contributed by atoms with E-state index in [-0.39, 0.29) is 6.04 Å². The maximum Gasteiger partial charge on any atom is 0.0375 e. The molecule has 0 radical (unpaired) electrons. The number of halogens is 1. The average Bonchev–Trinajstić information content (AvgIpc) is 2.17. The third-order valence-electron chi connectivity index (χ3n) is 2.47. The minimum atomic E-state index is 0.0740. The molecule has 84 valence electrons. The van der Waals surface area contributed by atoms with E-state index >= 15 is 0 Å². The normalized spacial score (nSPS) is 12.6. The molecule has 0 aromatic heterocycles. The largest absolute Gasteiger partial charge is 0.375 e. The van der Waals surface area contributed by atoms with Crippen molar-refractivity contribution in [2.24, 2.45) is 5.73 Å². The van der Waals surface area contributed by atoms with Gasteiger partial charge < -0.3 is 10.6 Å². The molecule has 0 spiro atoms. The van der Waals surface area contributed by atoms with Gasteiger partial charge in [-0.05, 0) is 31.0 Å². The lowest BCUT2D eigenvalue weighted by molar-refractivity contribution is 0.810. The van der Waals surface area contributed by atoms with Crippen molar-refractivity contribution in [3.05, 3.63) is 28.2 Å². The van der Waals surface area contributed by atoms with Crippen molar-refractivity contribution in [2.75, 3.05) is 18.5 Å². The zero-order valence-electron chi connectivity index (χ0n) is 9.63. The van der Waals surface area contributed by atoms with Crippen LogP contribution < -0.4 is 10.6 Å². The first-order chi connectivity index (χ1) is 7.06. The third kappa shape index (κ3) is 3.21. The minimum Gasteiger partial charge on any atom is -0.375 e. The fraction of sp³-hybridized carbons (Fsp3) is 0.500. The lowest BCUT2D eigenvalue weighted by Crippen LogP contribution is -2.18. The van der Waals surface area contributed by atoms with Gasteiger partial charge in [-0.2, -0.15) is 0 Å². The van der Waals surface area contributed by atoms with Gasteiger partial charge in [0.25, 0.3) is 0 Å². The SMILES string of the molecule is CCCN(C)c1ccc(C(C)N)c(Br)c1. The molecule has 0 amide bonds. The van der Waals surface area contributed by atoms with Gasteiger partial charge in [-0.15, -0.1) is 0 Å². The Labute approximate surface area is 101 Å². The van der Waals surface area contributed by atoms with E-state index in [0.717, 1.165) is 23.0 Å². The maximum atomic E-state index is 5.86. The monoisotopic (exact) mass is 270 g/mol. The van der Waals surface area contributed by atoms with Crippen LogP contribution in [0.2, 0.25) is 0 Å². The Balaban J connectivity index is 2.91. The number of hydrogen-bond acceptors (Lipinski definition) is 2. The molecule has 1 aromatic rings. The predicted octanol–water partition coefficient (Wildman–Crippen LogP) is 3.32. The summed E-state index contributed by atoms with van der Waals surface area (Å²) in [6.45, 7) is 5.25. The smallest absolute Gasteiger partial charge is 0.0375 e. The van der Waals surface area contributed by atoms with E-state index in [0.29, 0.717) is 0 Å². The van der Waals surface area contributed by atoms with E-state index in [1.807, 2.05) is 6.92 Å². The van der Waals surface area contributed by atoms with Crippen LogP contribution >= 0.6 is 15.9 Å². The Kier molecular flexibility index (Phi) is 4.61. The molecule has 0 heterocycles. The Hall–Kier alpha value is -0.540. The molecule has 0 saturated heterocycles. The van der Waals surface area contributed by atoms with Gasteiger partial charge in [0, 0.05) is 29.8 Å². The molecule has 0 saturated carbocycles. The van der Waals surface area contributed by atoms with Crippen LogP contribution in [-0.2, 0) is 0 Å². The molecule has 0 aliphatic rings. The number of anilines is 1. The molecule has 0 aliphatic carbocycles. The Bertz CT molecular complexity index is 323. The van der Waals surface area contributed by atoms with Crippen LogP contribution in [-0.4, -0.2) is 13.6 Å². The first-order valence-electron chi connectivity index (χ1n) is 5.32. The third-order valence-corrected chi connectivity index (χ3v) is 3.16. The second-order valence-electron chi connectivity index (χ2n) is 3.92. The van der Waals surface area contributed by atoms with Crippen molar-refractivity contribution in [3.8, 4) is 0 Å². The molecule has 2 nitrogen and oxygen atoms in total. The van der Waals surface area contributed by atoms with Crippen molar-refractivity contribution in [2.45, 2.75) is 26.3 Å². The molecule has 3 heteroatoms. The standard InChI is InChI=1S/C12H19BrN2/c1-4-7-15(3)10-5-6-11(9(2)14)12(13)8-10/h5-6,8-9H,4,7,14H2,1-3H3. The summed E-state index contributed by atoms with van der Waals surface area (Å²) >= 11 is 3.56. The summed E-state index contributed by atoms with van der Waals surface area (Å²) in [6, 6.07) is 6.42. The second kappa shape index (κ2) is 5.52. The van der Waals surface area contributed by atoms with Gasteiger partial charge in [-0.25, -0.2) is 0 Å². The topological polar surface area (TPSA) is 29.3 Å². The van der Waals surface area contributed by atoms with E-state index < -0.39 is 0 Å². The zero-order chi connectivity index (χ0) is 11.4. The molecular weight excluding hydrogens is 252 g/mol. The van der Waals surface area contributed by atoms with Crippen LogP contribution in [0.1, 0.15) is 31.9 Å². The van der Waals surface area contributed by atoms with E-state index in [9.17, 15) is 0 Å². The fourth-order valence-corrected chi connectivity index (χ4v) is 2.32. The molecule has 0 aliphatic heterocycles. The molecule has 0 bridgehead atoms. The van der Waals surface area contributed by atoms with Gasteiger partial charge in [-0.1, -0.05) is 28.9 Å². The molecule has 2 N–H and O–H groups in total. The second-order valence-corrected chi connectivity index (χ2v) is 4.77. The summed E-state index contributed by atoms with van der Waals surface area (Å²) in [5.74, 6) is 0. The number of benzene rings is 1. The van der Waals surface area contributed by atoms with Crippen molar-refractivity contribution < 1.29 is 0 Å². The lowest BCUT2D eigenvalue weighted by Gasteiger charge is -2.20. The molecule has 0 fully saturated rings. The van der Waals surface area contributed by atoms with Crippen LogP contribution in [0.15, 0.2) is 22.7 Å². The molecule has 1 rings (SSSR count). The number of rotatable bonds is 4. The van der Waals surface area contributed by atoms with Gasteiger partial charge in [-0.3, -0.25) is 0 Å². The quantitative estimate of drug-likeness (QED) is 0.910. The van der Waals surface area contributed by atoms with Crippen LogP contribution in [0.25, 0.3) is 0 Å². The minimum absolute atomic E-state index is 0.0740. The number of hydrogen-bond donors (Lipinski definition) is 1. The highest BCUT2D eigenvalue weighted by atomic mass is 79.9. The first-order valence-corrected chi connectivity index (χ1v) is 6.11. The van der Waals surface area contributed by atoms with Gasteiger partial charge in [0.05, 0.1) is 0 Å². The highest BCUT2D eigenvalue weighted by Gasteiger charge is 2.07. The van der Waals surface area contributed by atoms with E-state index in [4.69, 9.17) is 5.73 Å².